The first kappa shape index (κ1) is 21.1. The van der Waals surface area contributed by atoms with E-state index in [0.717, 1.165) is 16.3 Å². The first-order valence-electron chi connectivity index (χ1n) is 10.2. The van der Waals surface area contributed by atoms with Gasteiger partial charge in [-0.15, -0.1) is 0 Å². The number of hydrogen-bond acceptors (Lipinski definition) is 5. The second kappa shape index (κ2) is 9.75. The van der Waals surface area contributed by atoms with E-state index in [9.17, 15) is 9.59 Å². The largest absolute Gasteiger partial charge is 0.492 e. The number of aromatic nitrogens is 1. The van der Waals surface area contributed by atoms with Crippen molar-refractivity contribution >= 4 is 22.5 Å². The van der Waals surface area contributed by atoms with Crippen LogP contribution >= 0.6 is 0 Å². The molecule has 160 valence electrons. The third-order valence-corrected chi connectivity index (χ3v) is 5.05. The molecule has 1 aliphatic heterocycles. The molecule has 0 spiro atoms. The van der Waals surface area contributed by atoms with E-state index in [1.54, 1.807) is 36.7 Å². The minimum absolute atomic E-state index is 0.127. The SMILES string of the molecule is NC(=O)c1cccc2ccccc12.O=C1CCOc2cc(OCc3ccncc3)ccc21. The highest BCUT2D eigenvalue weighted by Crippen LogP contribution is 2.29. The number of amides is 1. The molecule has 0 unspecified atom stereocenters. The fourth-order valence-electron chi connectivity index (χ4n) is 3.42. The maximum atomic E-state index is 11.6. The van der Waals surface area contributed by atoms with Crippen LogP contribution in [-0.4, -0.2) is 23.3 Å². The molecule has 0 atom stereocenters. The van der Waals surface area contributed by atoms with Gasteiger partial charge in [-0.25, -0.2) is 0 Å². The average molecular weight is 426 g/mol. The molecular weight excluding hydrogens is 404 g/mol. The second-order valence-electron chi connectivity index (χ2n) is 7.21. The third kappa shape index (κ3) is 4.92. The quantitative estimate of drug-likeness (QED) is 0.516. The number of benzene rings is 3. The van der Waals surface area contributed by atoms with E-state index in [1.165, 1.54) is 0 Å². The van der Waals surface area contributed by atoms with Crippen LogP contribution in [0.1, 0.15) is 32.7 Å². The first-order chi connectivity index (χ1) is 15.6. The molecule has 32 heavy (non-hydrogen) atoms. The number of ketones is 1. The Labute approximate surface area is 185 Å². The van der Waals surface area contributed by atoms with Gasteiger partial charge in [-0.05, 0) is 46.7 Å². The monoisotopic (exact) mass is 426 g/mol. The normalized spacial score (nSPS) is 12.2. The van der Waals surface area contributed by atoms with Gasteiger partial charge < -0.3 is 15.2 Å². The number of carbonyl (C=O) groups is 2. The van der Waals surface area contributed by atoms with Gasteiger partial charge in [-0.2, -0.15) is 0 Å². The fourth-order valence-corrected chi connectivity index (χ4v) is 3.42. The zero-order chi connectivity index (χ0) is 22.3. The number of hydrogen-bond donors (Lipinski definition) is 1. The van der Waals surface area contributed by atoms with Gasteiger partial charge in [-0.3, -0.25) is 14.6 Å². The second-order valence-corrected chi connectivity index (χ2v) is 7.21. The molecule has 0 saturated heterocycles. The van der Waals surface area contributed by atoms with Crippen molar-refractivity contribution < 1.29 is 19.1 Å². The average Bonchev–Trinajstić information content (AvgIpc) is 2.83. The van der Waals surface area contributed by atoms with Crippen LogP contribution in [0.5, 0.6) is 11.5 Å². The van der Waals surface area contributed by atoms with Crippen LogP contribution < -0.4 is 15.2 Å². The maximum absolute atomic E-state index is 11.6. The lowest BCUT2D eigenvalue weighted by Gasteiger charge is -2.17. The molecular formula is C26H22N2O4. The third-order valence-electron chi connectivity index (χ3n) is 5.05. The summed E-state index contributed by atoms with van der Waals surface area (Å²) >= 11 is 0. The van der Waals surface area contributed by atoms with E-state index >= 15 is 0 Å². The molecule has 6 heteroatoms. The molecule has 1 aliphatic rings. The number of ether oxygens (including phenoxy) is 2. The van der Waals surface area contributed by atoms with Gasteiger partial charge in [-0.1, -0.05) is 36.4 Å². The Bertz CT molecular complexity index is 1250. The number of nitrogens with two attached hydrogens (primary N) is 1. The zero-order valence-electron chi connectivity index (χ0n) is 17.4. The van der Waals surface area contributed by atoms with Crippen LogP contribution in [-0.2, 0) is 6.61 Å². The van der Waals surface area contributed by atoms with Crippen molar-refractivity contribution in [1.82, 2.24) is 4.98 Å². The lowest BCUT2D eigenvalue weighted by atomic mass is 10.0. The van der Waals surface area contributed by atoms with Crippen LogP contribution in [0.25, 0.3) is 10.8 Å². The molecule has 5 rings (SSSR count). The number of nitrogens with zero attached hydrogens (tertiary/aromatic N) is 1. The van der Waals surface area contributed by atoms with Crippen molar-refractivity contribution in [2.75, 3.05) is 6.61 Å². The summed E-state index contributed by atoms with van der Waals surface area (Å²) < 4.78 is 11.2. The number of rotatable bonds is 4. The standard InChI is InChI=1S/C15H13NO3.C11H9NO/c17-14-5-8-18-15-9-12(1-2-13(14)15)19-10-11-3-6-16-7-4-11;12-11(13)10-7-3-5-8-4-1-2-6-9(8)10/h1-4,6-7,9H,5,8,10H2;1-7H,(H2,12,13). The van der Waals surface area contributed by atoms with Crippen molar-refractivity contribution in [3.8, 4) is 11.5 Å². The highest BCUT2D eigenvalue weighted by atomic mass is 16.5. The van der Waals surface area contributed by atoms with Gasteiger partial charge in [0.15, 0.2) is 5.78 Å². The Hall–Kier alpha value is -4.19. The van der Waals surface area contributed by atoms with E-state index < -0.39 is 0 Å². The van der Waals surface area contributed by atoms with E-state index in [4.69, 9.17) is 15.2 Å². The summed E-state index contributed by atoms with van der Waals surface area (Å²) in [6.45, 7) is 0.912. The number of Topliss-reactive ketones (excluding diaryl/α,β-unsaturated/α-hetero) is 1. The van der Waals surface area contributed by atoms with Crippen LogP contribution in [0.4, 0.5) is 0 Å². The fraction of sp³-hybridized carbons (Fsp3) is 0.115. The number of pyridine rings is 1. The molecule has 1 aromatic heterocycles. The molecule has 2 N–H and O–H groups in total. The van der Waals surface area contributed by atoms with Crippen molar-refractivity contribution in [3.05, 3.63) is 102 Å². The van der Waals surface area contributed by atoms with E-state index in [2.05, 4.69) is 4.98 Å². The van der Waals surface area contributed by atoms with E-state index in [0.29, 0.717) is 42.3 Å². The Morgan fingerprint density at radius 1 is 1.00 bits per heavy atom. The zero-order valence-corrected chi connectivity index (χ0v) is 17.4. The summed E-state index contributed by atoms with van der Waals surface area (Å²) in [6.07, 6.45) is 3.91. The number of carbonyl (C=O) groups excluding carboxylic acids is 2. The Kier molecular flexibility index (Phi) is 6.41. The molecule has 0 radical (unpaired) electrons. The van der Waals surface area contributed by atoms with E-state index in [-0.39, 0.29) is 11.7 Å². The van der Waals surface area contributed by atoms with Gasteiger partial charge in [0.1, 0.15) is 18.1 Å². The molecule has 2 heterocycles. The lowest BCUT2D eigenvalue weighted by Crippen LogP contribution is -2.15. The number of primary amides is 1. The minimum Gasteiger partial charge on any atom is -0.492 e. The molecule has 1 amide bonds. The van der Waals surface area contributed by atoms with E-state index in [1.807, 2.05) is 48.5 Å². The predicted molar refractivity (Wildman–Crippen MR) is 122 cm³/mol. The molecule has 0 fully saturated rings. The summed E-state index contributed by atoms with van der Waals surface area (Å²) in [5, 5.41) is 1.95. The van der Waals surface area contributed by atoms with Crippen LogP contribution in [0.3, 0.4) is 0 Å². The topological polar surface area (TPSA) is 91.5 Å². The molecule has 0 aliphatic carbocycles. The van der Waals surface area contributed by atoms with Gasteiger partial charge in [0.25, 0.3) is 0 Å². The van der Waals surface area contributed by atoms with Crippen molar-refractivity contribution in [2.45, 2.75) is 13.0 Å². The summed E-state index contributed by atoms with van der Waals surface area (Å²) in [7, 11) is 0. The summed E-state index contributed by atoms with van der Waals surface area (Å²) in [6, 6.07) is 22.4. The molecule has 0 saturated carbocycles. The van der Waals surface area contributed by atoms with Gasteiger partial charge in [0, 0.05) is 30.4 Å². The van der Waals surface area contributed by atoms with Crippen molar-refractivity contribution in [2.24, 2.45) is 5.73 Å². The maximum Gasteiger partial charge on any atom is 0.249 e. The van der Waals surface area contributed by atoms with Crippen LogP contribution in [0, 0.1) is 0 Å². The predicted octanol–water partition coefficient (Wildman–Crippen LogP) is 4.56. The van der Waals surface area contributed by atoms with Crippen LogP contribution in [0.2, 0.25) is 0 Å². The van der Waals surface area contributed by atoms with Crippen molar-refractivity contribution in [3.63, 3.8) is 0 Å². The molecule has 4 aromatic rings. The molecule has 3 aromatic carbocycles. The Morgan fingerprint density at radius 3 is 2.59 bits per heavy atom. The highest BCUT2D eigenvalue weighted by molar-refractivity contribution is 6.06. The molecule has 6 nitrogen and oxygen atoms in total. The Balaban J connectivity index is 0.000000165. The molecule has 0 bridgehead atoms. The number of fused-ring (bicyclic) bond motifs is 2. The van der Waals surface area contributed by atoms with Gasteiger partial charge >= 0.3 is 0 Å². The highest BCUT2D eigenvalue weighted by Gasteiger charge is 2.18. The van der Waals surface area contributed by atoms with Gasteiger partial charge in [0.2, 0.25) is 5.91 Å². The summed E-state index contributed by atoms with van der Waals surface area (Å²) in [5.41, 5.74) is 7.51. The summed E-state index contributed by atoms with van der Waals surface area (Å²) in [5.74, 6) is 1.06. The summed E-state index contributed by atoms with van der Waals surface area (Å²) in [4.78, 5) is 26.6. The van der Waals surface area contributed by atoms with Gasteiger partial charge in [0.05, 0.1) is 12.2 Å². The smallest absolute Gasteiger partial charge is 0.249 e. The lowest BCUT2D eigenvalue weighted by molar-refractivity contribution is 0.0932. The van der Waals surface area contributed by atoms with Crippen LogP contribution in [0.15, 0.2) is 85.2 Å². The van der Waals surface area contributed by atoms with Crippen molar-refractivity contribution in [1.29, 1.82) is 0 Å². The Morgan fingerprint density at radius 2 is 1.78 bits per heavy atom. The first-order valence-corrected chi connectivity index (χ1v) is 10.2. The minimum atomic E-state index is -0.378.